The van der Waals surface area contributed by atoms with Gasteiger partial charge in [-0.2, -0.15) is 0 Å². The summed E-state index contributed by atoms with van der Waals surface area (Å²) in [6.45, 7) is 4.66. The first-order chi connectivity index (χ1) is 12.6. The van der Waals surface area contributed by atoms with Gasteiger partial charge >= 0.3 is 5.97 Å². The van der Waals surface area contributed by atoms with Crippen LogP contribution in [0.1, 0.15) is 30.0 Å². The Morgan fingerprint density at radius 2 is 1.88 bits per heavy atom. The molecule has 134 valence electrons. The number of ether oxygens (including phenoxy) is 3. The molecule has 0 unspecified atom stereocenters. The van der Waals surface area contributed by atoms with Crippen LogP contribution in [0.25, 0.3) is 6.08 Å². The van der Waals surface area contributed by atoms with E-state index >= 15 is 0 Å². The summed E-state index contributed by atoms with van der Waals surface area (Å²) < 4.78 is 16.3. The summed E-state index contributed by atoms with van der Waals surface area (Å²) in [5.41, 5.74) is 2.94. The molecule has 0 saturated heterocycles. The fourth-order valence-electron chi connectivity index (χ4n) is 2.49. The zero-order chi connectivity index (χ0) is 18.5. The number of benzene rings is 2. The molecule has 0 atom stereocenters. The van der Waals surface area contributed by atoms with Gasteiger partial charge in [0.15, 0.2) is 17.2 Å². The molecule has 1 heterocycles. The van der Waals surface area contributed by atoms with Crippen molar-refractivity contribution in [2.24, 2.45) is 4.99 Å². The van der Waals surface area contributed by atoms with Crippen molar-refractivity contribution < 1.29 is 19.0 Å². The Kier molecular flexibility index (Phi) is 5.37. The van der Waals surface area contributed by atoms with Gasteiger partial charge in [0.05, 0.1) is 13.7 Å². The Hall–Kier alpha value is -3.08. The molecule has 0 radical (unpaired) electrons. The molecule has 0 bridgehead atoms. The number of esters is 1. The molecule has 0 saturated carbocycles. The van der Waals surface area contributed by atoms with Crippen molar-refractivity contribution in [2.75, 3.05) is 13.7 Å². The van der Waals surface area contributed by atoms with E-state index in [-0.39, 0.29) is 5.70 Å². The maximum atomic E-state index is 12.1. The number of methoxy groups -OCH3 is 1. The van der Waals surface area contributed by atoms with Gasteiger partial charge in [-0.25, -0.2) is 9.79 Å². The van der Waals surface area contributed by atoms with Crippen LogP contribution in [-0.2, 0) is 9.53 Å². The second kappa shape index (κ2) is 7.87. The number of carbonyl (C=O) groups excluding carboxylic acids is 1. The summed E-state index contributed by atoms with van der Waals surface area (Å²) in [5.74, 6) is 1.14. The summed E-state index contributed by atoms with van der Waals surface area (Å²) in [4.78, 5) is 16.5. The van der Waals surface area contributed by atoms with E-state index in [0.717, 1.165) is 23.1 Å². The summed E-state index contributed by atoms with van der Waals surface area (Å²) in [7, 11) is 1.59. The number of rotatable bonds is 6. The maximum absolute atomic E-state index is 12.1. The lowest BCUT2D eigenvalue weighted by Crippen LogP contribution is -2.05. The summed E-state index contributed by atoms with van der Waals surface area (Å²) in [6, 6.07) is 13.2. The number of carbonyl (C=O) groups is 1. The first-order valence-corrected chi connectivity index (χ1v) is 8.51. The third-order valence-corrected chi connectivity index (χ3v) is 3.87. The first-order valence-electron chi connectivity index (χ1n) is 8.51. The fourth-order valence-corrected chi connectivity index (χ4v) is 2.49. The van der Waals surface area contributed by atoms with Gasteiger partial charge in [0.1, 0.15) is 0 Å². The lowest BCUT2D eigenvalue weighted by atomic mass is 10.1. The Morgan fingerprint density at radius 1 is 1.12 bits per heavy atom. The van der Waals surface area contributed by atoms with Crippen LogP contribution in [0.5, 0.6) is 11.5 Å². The third-order valence-electron chi connectivity index (χ3n) is 3.87. The highest BCUT2D eigenvalue weighted by Crippen LogP contribution is 2.30. The van der Waals surface area contributed by atoms with E-state index in [0.29, 0.717) is 24.0 Å². The molecule has 0 fully saturated rings. The van der Waals surface area contributed by atoms with Crippen LogP contribution >= 0.6 is 0 Å². The Balaban J connectivity index is 1.86. The molecule has 0 spiro atoms. The van der Waals surface area contributed by atoms with Crippen LogP contribution in [0.3, 0.4) is 0 Å². The number of nitrogens with zero attached hydrogens (tertiary/aromatic N) is 1. The number of cyclic esters (lactones) is 1. The average Bonchev–Trinajstić information content (AvgIpc) is 3.01. The zero-order valence-electron chi connectivity index (χ0n) is 15.1. The second-order valence-corrected chi connectivity index (χ2v) is 5.96. The van der Waals surface area contributed by atoms with Crippen molar-refractivity contribution >= 4 is 17.9 Å². The molecule has 3 rings (SSSR count). The quantitative estimate of drug-likeness (QED) is 0.580. The van der Waals surface area contributed by atoms with Gasteiger partial charge in [0.25, 0.3) is 0 Å². The van der Waals surface area contributed by atoms with E-state index in [9.17, 15) is 4.79 Å². The molecule has 5 heteroatoms. The minimum atomic E-state index is -0.467. The van der Waals surface area contributed by atoms with E-state index < -0.39 is 5.97 Å². The van der Waals surface area contributed by atoms with Crippen LogP contribution < -0.4 is 9.47 Å². The van der Waals surface area contributed by atoms with Gasteiger partial charge in [0.2, 0.25) is 5.90 Å². The molecule has 0 amide bonds. The number of hydrogen-bond donors (Lipinski definition) is 0. The van der Waals surface area contributed by atoms with Crippen LogP contribution in [0.2, 0.25) is 0 Å². The molecule has 0 N–H and O–H groups in total. The second-order valence-electron chi connectivity index (χ2n) is 5.96. The summed E-state index contributed by atoms with van der Waals surface area (Å²) >= 11 is 0. The van der Waals surface area contributed by atoms with Gasteiger partial charge in [-0.3, -0.25) is 0 Å². The van der Waals surface area contributed by atoms with E-state index in [1.54, 1.807) is 13.2 Å². The largest absolute Gasteiger partial charge is 0.493 e. The molecule has 1 aliphatic heterocycles. The highest BCUT2D eigenvalue weighted by Gasteiger charge is 2.24. The van der Waals surface area contributed by atoms with E-state index in [1.165, 1.54) is 0 Å². The highest BCUT2D eigenvalue weighted by atomic mass is 16.6. The molecule has 5 nitrogen and oxygen atoms in total. The third kappa shape index (κ3) is 3.94. The molecule has 2 aromatic carbocycles. The standard InChI is InChI=1S/C21H21NO4/c1-4-11-25-18-10-7-15(13-19(18)24-3)12-17-21(23)26-20(22-17)16-8-5-14(2)6-9-16/h5-10,12-13H,4,11H2,1-3H3. The lowest BCUT2D eigenvalue weighted by molar-refractivity contribution is -0.129. The van der Waals surface area contributed by atoms with Crippen molar-refractivity contribution in [1.82, 2.24) is 0 Å². The molecule has 2 aromatic rings. The first kappa shape index (κ1) is 17.7. The van der Waals surface area contributed by atoms with Crippen molar-refractivity contribution in [1.29, 1.82) is 0 Å². The minimum absolute atomic E-state index is 0.254. The smallest absolute Gasteiger partial charge is 0.363 e. The monoisotopic (exact) mass is 351 g/mol. The molecule has 1 aliphatic rings. The van der Waals surface area contributed by atoms with Crippen LogP contribution in [-0.4, -0.2) is 25.6 Å². The van der Waals surface area contributed by atoms with Crippen LogP contribution in [0.15, 0.2) is 53.2 Å². The van der Waals surface area contributed by atoms with Crippen molar-refractivity contribution in [3.63, 3.8) is 0 Å². The van der Waals surface area contributed by atoms with Gasteiger partial charge in [-0.1, -0.05) is 30.7 Å². The topological polar surface area (TPSA) is 57.1 Å². The van der Waals surface area contributed by atoms with Gasteiger partial charge in [0, 0.05) is 5.56 Å². The SMILES string of the molecule is CCCOc1ccc(C=C2N=C(c3ccc(C)cc3)OC2=O)cc1OC. The van der Waals surface area contributed by atoms with E-state index in [2.05, 4.69) is 4.99 Å². The van der Waals surface area contributed by atoms with E-state index in [4.69, 9.17) is 14.2 Å². The van der Waals surface area contributed by atoms with Crippen molar-refractivity contribution in [2.45, 2.75) is 20.3 Å². The normalized spacial score (nSPS) is 15.0. The number of aryl methyl sites for hydroxylation is 1. The predicted molar refractivity (Wildman–Crippen MR) is 101 cm³/mol. The number of aliphatic imine (C=N–C) groups is 1. The summed E-state index contributed by atoms with van der Waals surface area (Å²) in [6.07, 6.45) is 2.59. The van der Waals surface area contributed by atoms with Gasteiger partial charge in [-0.15, -0.1) is 0 Å². The van der Waals surface area contributed by atoms with Crippen LogP contribution in [0, 0.1) is 6.92 Å². The average molecular weight is 351 g/mol. The number of hydrogen-bond acceptors (Lipinski definition) is 5. The molecule has 26 heavy (non-hydrogen) atoms. The Morgan fingerprint density at radius 3 is 2.58 bits per heavy atom. The zero-order valence-corrected chi connectivity index (χ0v) is 15.1. The predicted octanol–water partition coefficient (Wildman–Crippen LogP) is 4.14. The van der Waals surface area contributed by atoms with Gasteiger partial charge in [-0.05, 0) is 49.2 Å². The van der Waals surface area contributed by atoms with Crippen molar-refractivity contribution in [3.05, 3.63) is 64.9 Å². The van der Waals surface area contributed by atoms with Gasteiger partial charge < -0.3 is 14.2 Å². The minimum Gasteiger partial charge on any atom is -0.493 e. The van der Waals surface area contributed by atoms with Crippen LogP contribution in [0.4, 0.5) is 0 Å². The van der Waals surface area contributed by atoms with E-state index in [1.807, 2.05) is 56.3 Å². The molecular formula is C21H21NO4. The lowest BCUT2D eigenvalue weighted by Gasteiger charge is -2.10. The van der Waals surface area contributed by atoms with Crippen molar-refractivity contribution in [3.8, 4) is 11.5 Å². The highest BCUT2D eigenvalue weighted by molar-refractivity contribution is 6.12. The Labute approximate surface area is 152 Å². The fraction of sp³-hybridized carbons (Fsp3) is 0.238. The summed E-state index contributed by atoms with van der Waals surface area (Å²) in [5, 5.41) is 0. The Bertz CT molecular complexity index is 866. The molecule has 0 aliphatic carbocycles. The molecular weight excluding hydrogens is 330 g/mol. The maximum Gasteiger partial charge on any atom is 0.363 e. The molecule has 0 aromatic heterocycles.